The summed E-state index contributed by atoms with van der Waals surface area (Å²) in [6.07, 6.45) is 2.00. The van der Waals surface area contributed by atoms with Crippen LogP contribution in [0.5, 0.6) is 0 Å². The van der Waals surface area contributed by atoms with Crippen molar-refractivity contribution in [3.63, 3.8) is 0 Å². The second-order valence-electron chi connectivity index (χ2n) is 5.68. The molecule has 0 radical (unpaired) electrons. The second-order valence-corrected chi connectivity index (χ2v) is 6.08. The first-order valence-electron chi connectivity index (χ1n) is 6.99. The third kappa shape index (κ3) is 3.88. The number of carbonyl (C=O) groups excluding carboxylic acids is 1. The number of hydrogen-bond donors (Lipinski definition) is 2. The monoisotopic (exact) mass is 310 g/mol. The predicted octanol–water partition coefficient (Wildman–Crippen LogP) is 3.69. The molecule has 1 fully saturated rings. The highest BCUT2D eigenvalue weighted by Crippen LogP contribution is 2.29. The summed E-state index contributed by atoms with van der Waals surface area (Å²) in [6.45, 7) is 4.74. The van der Waals surface area contributed by atoms with Gasteiger partial charge < -0.3 is 15.3 Å². The lowest BCUT2D eigenvalue weighted by molar-refractivity contribution is 0.0698. The van der Waals surface area contributed by atoms with Crippen molar-refractivity contribution in [3.05, 3.63) is 28.8 Å². The number of anilines is 1. The van der Waals surface area contributed by atoms with E-state index in [4.69, 9.17) is 11.6 Å². The molecule has 21 heavy (non-hydrogen) atoms. The number of aromatic carboxylic acids is 1. The van der Waals surface area contributed by atoms with Crippen LogP contribution >= 0.6 is 11.6 Å². The maximum absolute atomic E-state index is 12.4. The van der Waals surface area contributed by atoms with Crippen LogP contribution in [0.25, 0.3) is 0 Å². The van der Waals surface area contributed by atoms with E-state index >= 15 is 0 Å². The number of rotatable bonds is 5. The molecule has 0 atom stereocenters. The normalized spacial score (nSPS) is 14.1. The van der Waals surface area contributed by atoms with E-state index < -0.39 is 5.97 Å². The van der Waals surface area contributed by atoms with E-state index in [1.54, 1.807) is 17.0 Å². The quantitative estimate of drug-likeness (QED) is 0.871. The number of hydrogen-bond acceptors (Lipinski definition) is 2. The van der Waals surface area contributed by atoms with Gasteiger partial charge in [-0.25, -0.2) is 9.59 Å². The Balaban J connectivity index is 2.18. The van der Waals surface area contributed by atoms with Crippen molar-refractivity contribution in [2.24, 2.45) is 5.92 Å². The van der Waals surface area contributed by atoms with Gasteiger partial charge in [0.25, 0.3) is 0 Å². The molecular formula is C15H19ClN2O3. The topological polar surface area (TPSA) is 69.6 Å². The fourth-order valence-corrected chi connectivity index (χ4v) is 2.47. The van der Waals surface area contributed by atoms with Gasteiger partial charge in [-0.15, -0.1) is 0 Å². The summed E-state index contributed by atoms with van der Waals surface area (Å²) >= 11 is 5.90. The molecule has 5 nitrogen and oxygen atoms in total. The summed E-state index contributed by atoms with van der Waals surface area (Å²) in [5, 5.41) is 12.0. The Kier molecular flexibility index (Phi) is 4.73. The van der Waals surface area contributed by atoms with Gasteiger partial charge in [-0.05, 0) is 30.9 Å². The zero-order valence-corrected chi connectivity index (χ0v) is 12.9. The maximum Gasteiger partial charge on any atom is 0.339 e. The molecule has 0 unspecified atom stereocenters. The molecule has 0 aliphatic heterocycles. The smallest absolute Gasteiger partial charge is 0.339 e. The highest BCUT2D eigenvalue weighted by atomic mass is 35.5. The molecular weight excluding hydrogens is 292 g/mol. The lowest BCUT2D eigenvalue weighted by Gasteiger charge is -2.25. The van der Waals surface area contributed by atoms with E-state index in [-0.39, 0.29) is 28.3 Å². The SMILES string of the molecule is CC(C)CN(C(=O)Nc1cccc(Cl)c1C(=O)O)C1CC1. The van der Waals surface area contributed by atoms with Crippen LogP contribution in [0.3, 0.4) is 0 Å². The van der Waals surface area contributed by atoms with Gasteiger partial charge in [0.1, 0.15) is 5.56 Å². The van der Waals surface area contributed by atoms with E-state index in [1.807, 2.05) is 13.8 Å². The second kappa shape index (κ2) is 6.35. The average molecular weight is 311 g/mol. The number of halogens is 1. The first-order chi connectivity index (χ1) is 9.90. The van der Waals surface area contributed by atoms with Gasteiger partial charge in [0.05, 0.1) is 10.7 Å². The summed E-state index contributed by atoms with van der Waals surface area (Å²) in [5.41, 5.74) is 0.155. The predicted molar refractivity (Wildman–Crippen MR) is 82.0 cm³/mol. The minimum absolute atomic E-state index is 0.0761. The standard InChI is InChI=1S/C15H19ClN2O3/c1-9(2)8-18(10-6-7-10)15(21)17-12-5-3-4-11(16)13(12)14(19)20/h3-5,9-10H,6-8H2,1-2H3,(H,17,21)(H,19,20). The van der Waals surface area contributed by atoms with Crippen molar-refractivity contribution in [2.45, 2.75) is 32.7 Å². The van der Waals surface area contributed by atoms with E-state index in [0.29, 0.717) is 12.5 Å². The minimum atomic E-state index is -1.15. The lowest BCUT2D eigenvalue weighted by atomic mass is 10.1. The Morgan fingerprint density at radius 1 is 1.43 bits per heavy atom. The number of nitrogens with zero attached hydrogens (tertiary/aromatic N) is 1. The van der Waals surface area contributed by atoms with Crippen LogP contribution < -0.4 is 5.32 Å². The van der Waals surface area contributed by atoms with E-state index in [0.717, 1.165) is 12.8 Å². The van der Waals surface area contributed by atoms with Crippen molar-refractivity contribution >= 4 is 29.3 Å². The molecule has 1 aliphatic rings. The van der Waals surface area contributed by atoms with Gasteiger partial charge in [-0.3, -0.25) is 0 Å². The fraction of sp³-hybridized carbons (Fsp3) is 0.467. The number of urea groups is 1. The van der Waals surface area contributed by atoms with E-state index in [2.05, 4.69) is 5.32 Å². The van der Waals surface area contributed by atoms with Crippen molar-refractivity contribution < 1.29 is 14.7 Å². The molecule has 2 rings (SSSR count). The molecule has 6 heteroatoms. The summed E-state index contributed by atoms with van der Waals surface area (Å²) in [6, 6.07) is 4.66. The lowest BCUT2D eigenvalue weighted by Crippen LogP contribution is -2.39. The van der Waals surface area contributed by atoms with Crippen LogP contribution in [0.2, 0.25) is 5.02 Å². The number of carboxylic acids is 1. The van der Waals surface area contributed by atoms with Crippen LogP contribution in [0.4, 0.5) is 10.5 Å². The van der Waals surface area contributed by atoms with Crippen LogP contribution in [0.15, 0.2) is 18.2 Å². The maximum atomic E-state index is 12.4. The Hall–Kier alpha value is -1.75. The van der Waals surface area contributed by atoms with Crippen molar-refractivity contribution in [1.82, 2.24) is 4.90 Å². The molecule has 1 aromatic carbocycles. The minimum Gasteiger partial charge on any atom is -0.478 e. The summed E-state index contributed by atoms with van der Waals surface area (Å²) in [5.74, 6) is -0.799. The van der Waals surface area contributed by atoms with Crippen molar-refractivity contribution in [3.8, 4) is 0 Å². The number of amides is 2. The number of nitrogens with one attached hydrogen (secondary N) is 1. The molecule has 1 aromatic rings. The van der Waals surface area contributed by atoms with Crippen LogP contribution in [-0.2, 0) is 0 Å². The third-order valence-corrected chi connectivity index (χ3v) is 3.59. The molecule has 0 aromatic heterocycles. The van der Waals surface area contributed by atoms with Gasteiger partial charge in [-0.2, -0.15) is 0 Å². The van der Waals surface area contributed by atoms with Crippen LogP contribution in [-0.4, -0.2) is 34.6 Å². The van der Waals surface area contributed by atoms with Gasteiger partial charge in [0.15, 0.2) is 0 Å². The molecule has 0 saturated heterocycles. The Morgan fingerprint density at radius 2 is 2.10 bits per heavy atom. The zero-order valence-electron chi connectivity index (χ0n) is 12.1. The van der Waals surface area contributed by atoms with Gasteiger partial charge >= 0.3 is 12.0 Å². The van der Waals surface area contributed by atoms with Crippen molar-refractivity contribution in [2.75, 3.05) is 11.9 Å². The van der Waals surface area contributed by atoms with Gasteiger partial charge in [0, 0.05) is 12.6 Å². The van der Waals surface area contributed by atoms with E-state index in [9.17, 15) is 14.7 Å². The zero-order chi connectivity index (χ0) is 15.6. The Bertz CT molecular complexity index is 556. The van der Waals surface area contributed by atoms with Gasteiger partial charge in [0.2, 0.25) is 0 Å². The molecule has 114 valence electrons. The largest absolute Gasteiger partial charge is 0.478 e. The molecule has 0 spiro atoms. The number of benzene rings is 1. The summed E-state index contributed by atoms with van der Waals surface area (Å²) in [4.78, 5) is 25.4. The summed E-state index contributed by atoms with van der Waals surface area (Å²) < 4.78 is 0. The first-order valence-corrected chi connectivity index (χ1v) is 7.37. The number of carboxylic acid groups (broad SMARTS) is 1. The van der Waals surface area contributed by atoms with Gasteiger partial charge in [-0.1, -0.05) is 31.5 Å². The van der Waals surface area contributed by atoms with Crippen LogP contribution in [0.1, 0.15) is 37.0 Å². The van der Waals surface area contributed by atoms with Crippen LogP contribution in [0, 0.1) is 5.92 Å². The third-order valence-electron chi connectivity index (χ3n) is 3.28. The highest BCUT2D eigenvalue weighted by Gasteiger charge is 2.33. The molecule has 2 N–H and O–H groups in total. The molecule has 2 amide bonds. The first kappa shape index (κ1) is 15.6. The molecule has 0 heterocycles. The summed E-state index contributed by atoms with van der Waals surface area (Å²) in [7, 11) is 0. The average Bonchev–Trinajstić information content (AvgIpc) is 3.19. The molecule has 1 saturated carbocycles. The molecule has 1 aliphatic carbocycles. The van der Waals surface area contributed by atoms with E-state index in [1.165, 1.54) is 6.07 Å². The van der Waals surface area contributed by atoms with Crippen molar-refractivity contribution in [1.29, 1.82) is 0 Å². The Morgan fingerprint density at radius 3 is 2.62 bits per heavy atom. The fourth-order valence-electron chi connectivity index (χ4n) is 2.21. The Labute approximate surface area is 128 Å². The molecule has 0 bridgehead atoms. The highest BCUT2D eigenvalue weighted by molar-refractivity contribution is 6.34. The number of carbonyl (C=O) groups is 2.